The molecule has 1 aliphatic heterocycles. The highest BCUT2D eigenvalue weighted by Crippen LogP contribution is 2.22. The molecule has 2 aromatic rings. The summed E-state index contributed by atoms with van der Waals surface area (Å²) in [5, 5.41) is 10.2. The van der Waals surface area contributed by atoms with Crippen LogP contribution in [0.5, 0.6) is 5.75 Å². The lowest BCUT2D eigenvalue weighted by molar-refractivity contribution is -0.158. The minimum Gasteiger partial charge on any atom is -0.483 e. The fourth-order valence-electron chi connectivity index (χ4n) is 3.50. The molecule has 1 atom stereocenters. The van der Waals surface area contributed by atoms with Crippen molar-refractivity contribution in [2.24, 2.45) is 0 Å². The molecule has 1 aliphatic rings. The van der Waals surface area contributed by atoms with Crippen LogP contribution in [-0.2, 0) is 21.2 Å². The summed E-state index contributed by atoms with van der Waals surface area (Å²) < 4.78 is 81.5. The zero-order chi connectivity index (χ0) is 26.3. The monoisotopic (exact) mass is 536 g/mol. The summed E-state index contributed by atoms with van der Waals surface area (Å²) in [7, 11) is -3.88. The molecule has 1 N–H and O–H groups in total. The Morgan fingerprint density at radius 3 is 2.33 bits per heavy atom. The van der Waals surface area contributed by atoms with E-state index < -0.39 is 40.4 Å². The number of ether oxygens (including phenoxy) is 1. The summed E-state index contributed by atoms with van der Waals surface area (Å²) >= 11 is 0. The smallest absolute Gasteiger partial charge is 0.422 e. The van der Waals surface area contributed by atoms with Gasteiger partial charge in [-0.25, -0.2) is 32.8 Å². The average molecular weight is 537 g/mol. The Morgan fingerprint density at radius 1 is 1.11 bits per heavy atom. The fraction of sp³-hybridized carbons (Fsp3) is 0.500. The molecule has 1 amide bonds. The summed E-state index contributed by atoms with van der Waals surface area (Å²) in [6.07, 6.45) is -1.15. The van der Waals surface area contributed by atoms with Crippen LogP contribution in [0, 0.1) is 5.82 Å². The van der Waals surface area contributed by atoms with Crippen LogP contribution in [0.4, 0.5) is 23.4 Å². The molecular weight excluding hydrogens is 512 g/mol. The van der Waals surface area contributed by atoms with Crippen molar-refractivity contribution >= 4 is 22.3 Å². The number of rotatable bonds is 11. The first-order valence-electron chi connectivity index (χ1n) is 10.7. The predicted molar refractivity (Wildman–Crippen MR) is 117 cm³/mol. The third kappa shape index (κ3) is 7.96. The fourth-order valence-corrected chi connectivity index (χ4v) is 5.23. The van der Waals surface area contributed by atoms with E-state index >= 15 is 0 Å². The van der Waals surface area contributed by atoms with Gasteiger partial charge in [0, 0.05) is 32.6 Å². The average Bonchev–Trinajstić information content (AvgIpc) is 2.85. The molecule has 198 valence electrons. The maximum atomic E-state index is 13.0. The molecule has 0 spiro atoms. The maximum Gasteiger partial charge on any atom is 0.422 e. The summed E-state index contributed by atoms with van der Waals surface area (Å²) in [5.74, 6) is -0.541. The number of nitrogens with zero attached hydrogens (tertiary/aromatic N) is 6. The van der Waals surface area contributed by atoms with Crippen molar-refractivity contribution in [1.29, 1.82) is 0 Å². The van der Waals surface area contributed by atoms with Gasteiger partial charge in [0.2, 0.25) is 16.4 Å². The molecular formula is C20H24F4N6O5S. The highest BCUT2D eigenvalue weighted by Gasteiger charge is 2.32. The highest BCUT2D eigenvalue weighted by molar-refractivity contribution is 7.89. The molecule has 3 rings (SSSR count). The van der Waals surface area contributed by atoms with E-state index in [1.54, 1.807) is 4.90 Å². The number of carbonyl (C=O) groups excluding carboxylic acids is 1. The van der Waals surface area contributed by atoms with Crippen molar-refractivity contribution in [3.8, 4) is 5.75 Å². The summed E-state index contributed by atoms with van der Waals surface area (Å²) in [6, 6.07) is 1.75. The Kier molecular flexibility index (Phi) is 8.97. The van der Waals surface area contributed by atoms with Crippen LogP contribution < -0.4 is 9.64 Å². The number of pyridine rings is 1. The zero-order valence-electron chi connectivity index (χ0n) is 18.9. The number of halogens is 4. The third-order valence-corrected chi connectivity index (χ3v) is 7.30. The Morgan fingerprint density at radius 2 is 1.78 bits per heavy atom. The molecule has 0 saturated carbocycles. The van der Waals surface area contributed by atoms with Crippen molar-refractivity contribution in [2.45, 2.75) is 25.1 Å². The first-order valence-corrected chi connectivity index (χ1v) is 12.3. The molecule has 3 heterocycles. The van der Waals surface area contributed by atoms with Gasteiger partial charge in [0.1, 0.15) is 17.4 Å². The Bertz CT molecular complexity index is 1100. The van der Waals surface area contributed by atoms with Crippen molar-refractivity contribution < 1.29 is 40.7 Å². The van der Waals surface area contributed by atoms with Crippen LogP contribution in [0.3, 0.4) is 0 Å². The van der Waals surface area contributed by atoms with Gasteiger partial charge in [-0.2, -0.15) is 17.5 Å². The van der Waals surface area contributed by atoms with Crippen molar-refractivity contribution in [3.05, 3.63) is 42.4 Å². The molecule has 16 heteroatoms. The van der Waals surface area contributed by atoms with Crippen molar-refractivity contribution in [2.75, 3.05) is 43.4 Å². The number of anilines is 1. The van der Waals surface area contributed by atoms with Gasteiger partial charge in [-0.1, -0.05) is 0 Å². The van der Waals surface area contributed by atoms with Gasteiger partial charge in [0.05, 0.1) is 30.4 Å². The molecule has 0 aliphatic carbocycles. The molecule has 0 aromatic carbocycles. The standard InChI is InChI=1S/C20H24F4N6O5S/c21-15-9-25-18(26-10-15)3-1-16(30(32)14-31)12-36(33,34)29-7-5-28(6-8-29)19-4-2-17(11-27-19)35-13-20(22,23)24/h2,4,9-11,14,16,32H,1,3,5-8,12-13H2. The van der Waals surface area contributed by atoms with E-state index in [0.717, 1.165) is 18.6 Å². The SMILES string of the molecule is O=CN(O)C(CCc1ncc(F)cn1)CS(=O)(=O)N1CCN(c2ccc(OCC(F)(F)F)cn2)CC1. The molecule has 2 aromatic heterocycles. The van der Waals surface area contributed by atoms with Crippen molar-refractivity contribution in [1.82, 2.24) is 24.3 Å². The second kappa shape index (κ2) is 11.7. The number of carbonyl (C=O) groups is 1. The van der Waals surface area contributed by atoms with E-state index in [1.165, 1.54) is 16.4 Å². The number of hydrogen-bond acceptors (Lipinski definition) is 9. The predicted octanol–water partition coefficient (Wildman–Crippen LogP) is 1.25. The first kappa shape index (κ1) is 27.5. The van der Waals surface area contributed by atoms with Crippen LogP contribution in [0.2, 0.25) is 0 Å². The van der Waals surface area contributed by atoms with E-state index in [1.807, 2.05) is 0 Å². The van der Waals surface area contributed by atoms with E-state index in [0.29, 0.717) is 5.82 Å². The Balaban J connectivity index is 1.55. The first-order chi connectivity index (χ1) is 17.0. The molecule has 1 unspecified atom stereocenters. The van der Waals surface area contributed by atoms with Gasteiger partial charge in [-0.3, -0.25) is 10.0 Å². The second-order valence-corrected chi connectivity index (χ2v) is 9.93. The van der Waals surface area contributed by atoms with Crippen LogP contribution in [0.15, 0.2) is 30.7 Å². The van der Waals surface area contributed by atoms with E-state index in [4.69, 9.17) is 0 Å². The van der Waals surface area contributed by atoms with Crippen molar-refractivity contribution in [3.63, 3.8) is 0 Å². The molecule has 1 fully saturated rings. The molecule has 1 saturated heterocycles. The normalized spacial score (nSPS) is 16.0. The lowest BCUT2D eigenvalue weighted by Gasteiger charge is -2.35. The number of hydroxylamine groups is 2. The Hall–Kier alpha value is -3.11. The molecule has 11 nitrogen and oxygen atoms in total. The second-order valence-electron chi connectivity index (χ2n) is 7.92. The van der Waals surface area contributed by atoms with E-state index in [2.05, 4.69) is 19.7 Å². The minimum absolute atomic E-state index is 0.0206. The number of aryl methyl sites for hydroxylation is 1. The van der Waals surface area contributed by atoms with Crippen LogP contribution in [-0.4, -0.2) is 95.1 Å². The topological polar surface area (TPSA) is 129 Å². The van der Waals surface area contributed by atoms with Gasteiger partial charge in [0.25, 0.3) is 0 Å². The summed E-state index contributed by atoms with van der Waals surface area (Å²) in [5.41, 5.74) is 0. The zero-order valence-corrected chi connectivity index (χ0v) is 19.7. The number of alkyl halides is 3. The van der Waals surface area contributed by atoms with Crippen LogP contribution >= 0.6 is 0 Å². The quantitative estimate of drug-likeness (QED) is 0.195. The van der Waals surface area contributed by atoms with E-state index in [9.17, 15) is 36.0 Å². The number of sulfonamides is 1. The van der Waals surface area contributed by atoms with Gasteiger partial charge in [-0.05, 0) is 18.6 Å². The lowest BCUT2D eigenvalue weighted by Crippen LogP contribution is -2.51. The molecule has 0 bridgehead atoms. The number of piperazine rings is 1. The molecule has 36 heavy (non-hydrogen) atoms. The van der Waals surface area contributed by atoms with Gasteiger partial charge in [0.15, 0.2) is 12.4 Å². The molecule has 0 radical (unpaired) electrons. The minimum atomic E-state index is -4.47. The number of amides is 1. The highest BCUT2D eigenvalue weighted by atomic mass is 32.2. The van der Waals surface area contributed by atoms with Gasteiger partial charge >= 0.3 is 6.18 Å². The lowest BCUT2D eigenvalue weighted by atomic mass is 10.2. The van der Waals surface area contributed by atoms with Gasteiger partial charge < -0.3 is 9.64 Å². The van der Waals surface area contributed by atoms with Crippen LogP contribution in [0.25, 0.3) is 0 Å². The summed E-state index contributed by atoms with van der Waals surface area (Å²) in [6.45, 7) is -0.718. The number of hydrogen-bond donors (Lipinski definition) is 1. The Labute approximate surface area is 204 Å². The van der Waals surface area contributed by atoms with Gasteiger partial charge in [-0.15, -0.1) is 0 Å². The van der Waals surface area contributed by atoms with E-state index in [-0.39, 0.29) is 62.1 Å². The number of aromatic nitrogens is 3. The third-order valence-electron chi connectivity index (χ3n) is 5.34. The largest absolute Gasteiger partial charge is 0.483 e. The maximum absolute atomic E-state index is 13.0. The summed E-state index contributed by atoms with van der Waals surface area (Å²) in [4.78, 5) is 24.5. The van der Waals surface area contributed by atoms with Crippen LogP contribution in [0.1, 0.15) is 12.2 Å².